The van der Waals surface area contributed by atoms with E-state index in [1.54, 1.807) is 25.3 Å². The number of carbonyl (C=O) groups excluding carboxylic acids is 1. The van der Waals surface area contributed by atoms with Gasteiger partial charge in [0.25, 0.3) is 0 Å². The van der Waals surface area contributed by atoms with Crippen LogP contribution in [0.5, 0.6) is 17.2 Å². The smallest absolute Gasteiger partial charge is 0.248 e. The van der Waals surface area contributed by atoms with Gasteiger partial charge >= 0.3 is 0 Å². The summed E-state index contributed by atoms with van der Waals surface area (Å²) < 4.78 is 10.7. The van der Waals surface area contributed by atoms with Gasteiger partial charge in [-0.2, -0.15) is 0 Å². The predicted molar refractivity (Wildman–Crippen MR) is 94.9 cm³/mol. The van der Waals surface area contributed by atoms with Crippen molar-refractivity contribution in [1.82, 2.24) is 0 Å². The van der Waals surface area contributed by atoms with Gasteiger partial charge in [-0.1, -0.05) is 17.7 Å². The van der Waals surface area contributed by atoms with Crippen molar-refractivity contribution >= 4 is 29.3 Å². The van der Waals surface area contributed by atoms with Crippen molar-refractivity contribution in [2.45, 2.75) is 6.92 Å². The molecule has 0 radical (unpaired) electrons. The van der Waals surface area contributed by atoms with Gasteiger partial charge in [-0.25, -0.2) is 0 Å². The monoisotopic (exact) mass is 347 g/mol. The quantitative estimate of drug-likeness (QED) is 0.609. The van der Waals surface area contributed by atoms with E-state index in [0.29, 0.717) is 23.1 Å². The molecule has 0 fully saturated rings. The molecule has 0 atom stereocenters. The maximum absolute atomic E-state index is 12.0. The Labute approximate surface area is 145 Å². The average molecular weight is 348 g/mol. The molecule has 0 bridgehead atoms. The first-order chi connectivity index (χ1) is 11.5. The zero-order valence-electron chi connectivity index (χ0n) is 13.4. The predicted octanol–water partition coefficient (Wildman–Crippen LogP) is 4.10. The fraction of sp³-hybridized carbons (Fsp3) is 0.167. The molecule has 0 aliphatic carbocycles. The first-order valence-electron chi connectivity index (χ1n) is 7.32. The van der Waals surface area contributed by atoms with Crippen LogP contribution < -0.4 is 14.8 Å². The summed E-state index contributed by atoms with van der Waals surface area (Å²) in [5, 5.41) is 12.7. The second-order valence-electron chi connectivity index (χ2n) is 4.83. The lowest BCUT2D eigenvalue weighted by atomic mass is 10.2. The molecule has 24 heavy (non-hydrogen) atoms. The highest BCUT2D eigenvalue weighted by molar-refractivity contribution is 6.31. The lowest BCUT2D eigenvalue weighted by molar-refractivity contribution is -0.111. The molecule has 2 aromatic rings. The van der Waals surface area contributed by atoms with Crippen LogP contribution in [0.2, 0.25) is 5.02 Å². The first-order valence-corrected chi connectivity index (χ1v) is 7.69. The zero-order chi connectivity index (χ0) is 17.5. The Morgan fingerprint density at radius 2 is 2.04 bits per heavy atom. The van der Waals surface area contributed by atoms with E-state index in [1.807, 2.05) is 13.0 Å². The van der Waals surface area contributed by atoms with E-state index in [4.69, 9.17) is 21.1 Å². The summed E-state index contributed by atoms with van der Waals surface area (Å²) in [6.07, 6.45) is 2.99. The molecule has 0 aromatic heterocycles. The minimum absolute atomic E-state index is 0.0520. The van der Waals surface area contributed by atoms with Crippen molar-refractivity contribution in [2.24, 2.45) is 0 Å². The number of anilines is 1. The molecule has 2 rings (SSSR count). The number of carbonyl (C=O) groups is 1. The zero-order valence-corrected chi connectivity index (χ0v) is 14.1. The summed E-state index contributed by atoms with van der Waals surface area (Å²) in [4.78, 5) is 12.0. The Kier molecular flexibility index (Phi) is 6.09. The van der Waals surface area contributed by atoms with Gasteiger partial charge < -0.3 is 19.9 Å². The van der Waals surface area contributed by atoms with Gasteiger partial charge in [-0.3, -0.25) is 4.79 Å². The van der Waals surface area contributed by atoms with Crippen LogP contribution in [0.4, 0.5) is 5.69 Å². The summed E-state index contributed by atoms with van der Waals surface area (Å²) in [6, 6.07) is 9.79. The Hall–Kier alpha value is -2.66. The largest absolute Gasteiger partial charge is 0.506 e. The summed E-state index contributed by atoms with van der Waals surface area (Å²) >= 11 is 5.84. The van der Waals surface area contributed by atoms with Crippen molar-refractivity contribution in [1.29, 1.82) is 0 Å². The molecule has 6 heteroatoms. The third-order valence-electron chi connectivity index (χ3n) is 3.13. The van der Waals surface area contributed by atoms with Crippen LogP contribution in [0.15, 0.2) is 42.5 Å². The number of ether oxygens (including phenoxy) is 2. The molecule has 0 saturated carbocycles. The van der Waals surface area contributed by atoms with Crippen LogP contribution in [0, 0.1) is 0 Å². The fourth-order valence-electron chi connectivity index (χ4n) is 2.02. The number of nitrogens with one attached hydrogen (secondary N) is 1. The van der Waals surface area contributed by atoms with Crippen molar-refractivity contribution < 1.29 is 19.4 Å². The Balaban J connectivity index is 2.09. The Bertz CT molecular complexity index is 759. The van der Waals surface area contributed by atoms with E-state index in [1.165, 1.54) is 24.3 Å². The van der Waals surface area contributed by atoms with E-state index in [2.05, 4.69) is 5.32 Å². The molecule has 0 spiro atoms. The van der Waals surface area contributed by atoms with Crippen LogP contribution in [0.25, 0.3) is 6.08 Å². The van der Waals surface area contributed by atoms with Crippen molar-refractivity contribution in [3.8, 4) is 17.2 Å². The highest BCUT2D eigenvalue weighted by atomic mass is 35.5. The maximum atomic E-state index is 12.0. The van der Waals surface area contributed by atoms with Crippen LogP contribution in [0.3, 0.4) is 0 Å². The fourth-order valence-corrected chi connectivity index (χ4v) is 2.19. The molecular weight excluding hydrogens is 330 g/mol. The Morgan fingerprint density at radius 1 is 1.25 bits per heavy atom. The van der Waals surface area contributed by atoms with Gasteiger partial charge in [0.1, 0.15) is 5.75 Å². The van der Waals surface area contributed by atoms with Gasteiger partial charge in [0, 0.05) is 11.1 Å². The highest BCUT2D eigenvalue weighted by Crippen LogP contribution is 2.29. The summed E-state index contributed by atoms with van der Waals surface area (Å²) in [5.74, 6) is 0.793. The van der Waals surface area contributed by atoms with Gasteiger partial charge in [-0.05, 0) is 48.9 Å². The summed E-state index contributed by atoms with van der Waals surface area (Å²) in [6.45, 7) is 2.43. The molecule has 2 N–H and O–H groups in total. The minimum atomic E-state index is -0.389. The number of aromatic hydroxyl groups is 1. The maximum Gasteiger partial charge on any atom is 0.248 e. The number of halogens is 1. The summed E-state index contributed by atoms with van der Waals surface area (Å²) in [5.41, 5.74) is 1.03. The van der Waals surface area contributed by atoms with Crippen molar-refractivity contribution in [3.63, 3.8) is 0 Å². The van der Waals surface area contributed by atoms with Crippen molar-refractivity contribution in [2.75, 3.05) is 19.0 Å². The normalized spacial score (nSPS) is 10.6. The number of phenolic OH excluding ortho intramolecular Hbond substituents is 1. The topological polar surface area (TPSA) is 67.8 Å². The van der Waals surface area contributed by atoms with E-state index in [9.17, 15) is 9.90 Å². The van der Waals surface area contributed by atoms with Crippen LogP contribution in [-0.4, -0.2) is 24.7 Å². The third-order valence-corrected chi connectivity index (χ3v) is 3.37. The molecule has 0 aliphatic rings. The molecule has 0 saturated heterocycles. The number of phenols is 1. The lowest BCUT2D eigenvalue weighted by Crippen LogP contribution is -2.07. The molecule has 0 aliphatic heterocycles. The van der Waals surface area contributed by atoms with Crippen LogP contribution in [-0.2, 0) is 4.79 Å². The van der Waals surface area contributed by atoms with Gasteiger partial charge in [0.2, 0.25) is 5.91 Å². The number of methoxy groups -OCH3 is 1. The average Bonchev–Trinajstić information content (AvgIpc) is 2.57. The molecular formula is C18H18ClNO4. The number of hydrogen-bond acceptors (Lipinski definition) is 4. The molecule has 0 unspecified atom stereocenters. The van der Waals surface area contributed by atoms with E-state index in [-0.39, 0.29) is 17.3 Å². The van der Waals surface area contributed by atoms with E-state index < -0.39 is 0 Å². The number of amides is 1. The van der Waals surface area contributed by atoms with Crippen LogP contribution >= 0.6 is 11.6 Å². The van der Waals surface area contributed by atoms with Crippen molar-refractivity contribution in [3.05, 3.63) is 53.1 Å². The Morgan fingerprint density at radius 3 is 2.75 bits per heavy atom. The van der Waals surface area contributed by atoms with Gasteiger partial charge in [0.05, 0.1) is 19.4 Å². The van der Waals surface area contributed by atoms with Gasteiger partial charge in [0.15, 0.2) is 11.5 Å². The highest BCUT2D eigenvalue weighted by Gasteiger charge is 2.06. The van der Waals surface area contributed by atoms with E-state index >= 15 is 0 Å². The first kappa shape index (κ1) is 17.7. The third kappa shape index (κ3) is 4.67. The minimum Gasteiger partial charge on any atom is -0.506 e. The second kappa shape index (κ2) is 8.26. The summed E-state index contributed by atoms with van der Waals surface area (Å²) in [7, 11) is 1.56. The standard InChI is InChI=1S/C18H18ClNO4/c1-3-24-16-8-4-12(10-17(16)23-2)5-9-18(22)20-14-11-13(19)6-7-15(14)21/h4-11,21H,3H2,1-2H3,(H,20,22)/b9-5+. The van der Waals surface area contributed by atoms with Crippen LogP contribution in [0.1, 0.15) is 12.5 Å². The molecule has 126 valence electrons. The van der Waals surface area contributed by atoms with Gasteiger partial charge in [-0.15, -0.1) is 0 Å². The molecule has 0 heterocycles. The molecule has 5 nitrogen and oxygen atoms in total. The molecule has 1 amide bonds. The SMILES string of the molecule is CCOc1ccc(/C=C/C(=O)Nc2cc(Cl)ccc2O)cc1OC. The second-order valence-corrected chi connectivity index (χ2v) is 5.26. The number of rotatable bonds is 6. The molecule has 2 aromatic carbocycles. The number of benzene rings is 2. The lowest BCUT2D eigenvalue weighted by Gasteiger charge is -2.09. The van der Waals surface area contributed by atoms with E-state index in [0.717, 1.165) is 5.56 Å². The number of hydrogen-bond donors (Lipinski definition) is 2.